The van der Waals surface area contributed by atoms with E-state index in [4.69, 9.17) is 0 Å². The normalized spacial score (nSPS) is 12.7. The van der Waals surface area contributed by atoms with E-state index in [0.717, 1.165) is 6.07 Å². The molecule has 1 aromatic carbocycles. The molecule has 102 valence electrons. The van der Waals surface area contributed by atoms with Crippen molar-refractivity contribution in [2.45, 2.75) is 37.1 Å². The zero-order chi connectivity index (χ0) is 13.8. The van der Waals surface area contributed by atoms with Crippen LogP contribution in [0.15, 0.2) is 29.2 Å². The quantitative estimate of drug-likeness (QED) is 0.829. The van der Waals surface area contributed by atoms with Crippen molar-refractivity contribution in [1.29, 1.82) is 0 Å². The summed E-state index contributed by atoms with van der Waals surface area (Å²) < 4.78 is 39.7. The molecule has 2 N–H and O–H groups in total. The maximum absolute atomic E-state index is 13.0. The van der Waals surface area contributed by atoms with Crippen LogP contribution in [0.1, 0.15) is 26.7 Å². The molecule has 0 aliphatic carbocycles. The van der Waals surface area contributed by atoms with Gasteiger partial charge in [-0.15, -0.1) is 0 Å². The van der Waals surface area contributed by atoms with E-state index < -0.39 is 21.4 Å². The van der Waals surface area contributed by atoms with Gasteiger partial charge in [-0.05, 0) is 31.0 Å². The van der Waals surface area contributed by atoms with Crippen LogP contribution in [0.2, 0.25) is 0 Å². The predicted octanol–water partition coefficient (Wildman–Crippen LogP) is 1.66. The number of sulfonamides is 1. The fraction of sp³-hybridized carbons (Fsp3) is 0.500. The van der Waals surface area contributed by atoms with E-state index in [0.29, 0.717) is 12.8 Å². The van der Waals surface area contributed by atoms with Crippen LogP contribution in [0.25, 0.3) is 0 Å². The van der Waals surface area contributed by atoms with Gasteiger partial charge in [-0.2, -0.15) is 0 Å². The minimum absolute atomic E-state index is 0.137. The number of aliphatic hydroxyl groups excluding tert-OH is 1. The maximum Gasteiger partial charge on any atom is 0.241 e. The van der Waals surface area contributed by atoms with Crippen molar-refractivity contribution in [2.24, 2.45) is 0 Å². The van der Waals surface area contributed by atoms with Crippen LogP contribution in [0.4, 0.5) is 4.39 Å². The molecule has 0 heterocycles. The van der Waals surface area contributed by atoms with Gasteiger partial charge < -0.3 is 5.11 Å². The van der Waals surface area contributed by atoms with Crippen LogP contribution >= 0.6 is 0 Å². The zero-order valence-electron chi connectivity index (χ0n) is 10.5. The van der Waals surface area contributed by atoms with Crippen LogP contribution < -0.4 is 4.72 Å². The molecule has 0 atom stereocenters. The van der Waals surface area contributed by atoms with Crippen molar-refractivity contribution in [1.82, 2.24) is 4.72 Å². The van der Waals surface area contributed by atoms with E-state index in [1.807, 2.05) is 0 Å². The molecule has 0 saturated carbocycles. The zero-order valence-corrected chi connectivity index (χ0v) is 11.3. The van der Waals surface area contributed by atoms with Gasteiger partial charge in [0.05, 0.1) is 17.0 Å². The van der Waals surface area contributed by atoms with E-state index in [2.05, 4.69) is 4.72 Å². The summed E-state index contributed by atoms with van der Waals surface area (Å²) in [6.45, 7) is 3.27. The third kappa shape index (κ3) is 3.28. The number of hydrogen-bond donors (Lipinski definition) is 2. The largest absolute Gasteiger partial charge is 0.394 e. The Hall–Kier alpha value is -0.980. The van der Waals surface area contributed by atoms with Gasteiger partial charge in [0.1, 0.15) is 5.82 Å². The SMILES string of the molecule is CCC(CC)(CO)NS(=O)(=O)c1cccc(F)c1. The summed E-state index contributed by atoms with van der Waals surface area (Å²) in [6.07, 6.45) is 0.906. The first-order valence-electron chi connectivity index (χ1n) is 5.79. The molecule has 1 aromatic rings. The van der Waals surface area contributed by atoms with Crippen LogP contribution in [0.5, 0.6) is 0 Å². The minimum atomic E-state index is -3.83. The first-order chi connectivity index (χ1) is 8.39. The molecule has 18 heavy (non-hydrogen) atoms. The minimum Gasteiger partial charge on any atom is -0.394 e. The Kier molecular flexibility index (Phi) is 4.84. The second-order valence-corrected chi connectivity index (χ2v) is 5.89. The van der Waals surface area contributed by atoms with E-state index in [9.17, 15) is 17.9 Å². The van der Waals surface area contributed by atoms with Gasteiger partial charge in [-0.3, -0.25) is 0 Å². The number of aliphatic hydroxyl groups is 1. The molecular weight excluding hydrogens is 257 g/mol. The molecule has 0 unspecified atom stereocenters. The average molecular weight is 275 g/mol. The summed E-state index contributed by atoms with van der Waals surface area (Å²) in [5.74, 6) is -0.611. The Morgan fingerprint density at radius 1 is 1.33 bits per heavy atom. The van der Waals surface area contributed by atoms with Crippen LogP contribution in [0, 0.1) is 5.82 Å². The molecule has 0 aliphatic heterocycles. The van der Waals surface area contributed by atoms with Crippen LogP contribution in [-0.4, -0.2) is 25.7 Å². The van der Waals surface area contributed by atoms with Gasteiger partial charge in [0.25, 0.3) is 0 Å². The smallest absolute Gasteiger partial charge is 0.241 e. The fourth-order valence-corrected chi connectivity index (χ4v) is 3.19. The Bertz CT molecular complexity index is 490. The molecule has 0 bridgehead atoms. The highest BCUT2D eigenvalue weighted by atomic mass is 32.2. The number of benzene rings is 1. The highest BCUT2D eigenvalue weighted by Crippen LogP contribution is 2.19. The molecule has 6 heteroatoms. The lowest BCUT2D eigenvalue weighted by Crippen LogP contribution is -2.50. The lowest BCUT2D eigenvalue weighted by molar-refractivity contribution is 0.172. The summed E-state index contributed by atoms with van der Waals surface area (Å²) in [6, 6.07) is 4.79. The molecule has 0 spiro atoms. The Morgan fingerprint density at radius 2 is 1.94 bits per heavy atom. The van der Waals surface area contributed by atoms with Crippen molar-refractivity contribution < 1.29 is 17.9 Å². The van der Waals surface area contributed by atoms with Crippen molar-refractivity contribution in [3.63, 3.8) is 0 Å². The molecule has 0 aliphatic rings. The van der Waals surface area contributed by atoms with Crippen LogP contribution in [-0.2, 0) is 10.0 Å². The topological polar surface area (TPSA) is 66.4 Å². The summed E-state index contributed by atoms with van der Waals surface area (Å²) in [7, 11) is -3.83. The average Bonchev–Trinajstić information content (AvgIpc) is 2.36. The number of halogens is 1. The fourth-order valence-electron chi connectivity index (χ4n) is 1.63. The monoisotopic (exact) mass is 275 g/mol. The van der Waals surface area contributed by atoms with Gasteiger partial charge >= 0.3 is 0 Å². The van der Waals surface area contributed by atoms with E-state index in [-0.39, 0.29) is 11.5 Å². The standard InChI is InChI=1S/C12H18FNO3S/c1-3-12(4-2,9-15)14-18(16,17)11-7-5-6-10(13)8-11/h5-8,14-15H,3-4,9H2,1-2H3. The van der Waals surface area contributed by atoms with Gasteiger partial charge in [-0.1, -0.05) is 19.9 Å². The molecule has 0 saturated heterocycles. The lowest BCUT2D eigenvalue weighted by Gasteiger charge is -2.30. The molecular formula is C12H18FNO3S. The van der Waals surface area contributed by atoms with E-state index in [1.165, 1.54) is 18.2 Å². The number of nitrogens with one attached hydrogen (secondary N) is 1. The summed E-state index contributed by atoms with van der Waals surface area (Å²) in [5, 5.41) is 9.34. The van der Waals surface area contributed by atoms with Crippen molar-refractivity contribution in [3.8, 4) is 0 Å². The summed E-state index contributed by atoms with van der Waals surface area (Å²) in [4.78, 5) is -0.137. The van der Waals surface area contributed by atoms with Gasteiger partial charge in [-0.25, -0.2) is 17.5 Å². The van der Waals surface area contributed by atoms with Crippen molar-refractivity contribution in [3.05, 3.63) is 30.1 Å². The molecule has 0 fully saturated rings. The van der Waals surface area contributed by atoms with Crippen molar-refractivity contribution >= 4 is 10.0 Å². The molecule has 0 amide bonds. The predicted molar refractivity (Wildman–Crippen MR) is 67.1 cm³/mol. The third-order valence-electron chi connectivity index (χ3n) is 3.11. The molecule has 0 aromatic heterocycles. The van der Waals surface area contributed by atoms with Crippen molar-refractivity contribution in [2.75, 3.05) is 6.61 Å². The van der Waals surface area contributed by atoms with E-state index >= 15 is 0 Å². The maximum atomic E-state index is 13.0. The summed E-state index contributed by atoms with van der Waals surface area (Å²) in [5.41, 5.74) is -0.898. The first-order valence-corrected chi connectivity index (χ1v) is 7.28. The van der Waals surface area contributed by atoms with Gasteiger partial charge in [0, 0.05) is 0 Å². The van der Waals surface area contributed by atoms with E-state index in [1.54, 1.807) is 13.8 Å². The second-order valence-electron chi connectivity index (χ2n) is 4.21. The highest BCUT2D eigenvalue weighted by molar-refractivity contribution is 7.89. The first kappa shape index (κ1) is 15.1. The Labute approximate surface area is 107 Å². The Balaban J connectivity index is 3.08. The second kappa shape index (κ2) is 5.77. The third-order valence-corrected chi connectivity index (χ3v) is 4.69. The molecule has 1 rings (SSSR count). The Morgan fingerprint density at radius 3 is 2.39 bits per heavy atom. The molecule has 0 radical (unpaired) electrons. The lowest BCUT2D eigenvalue weighted by atomic mass is 9.96. The number of rotatable bonds is 6. The molecule has 4 nitrogen and oxygen atoms in total. The number of hydrogen-bond acceptors (Lipinski definition) is 3. The summed E-state index contributed by atoms with van der Waals surface area (Å²) >= 11 is 0. The van der Waals surface area contributed by atoms with Crippen LogP contribution in [0.3, 0.4) is 0 Å². The van der Waals surface area contributed by atoms with Gasteiger partial charge in [0.2, 0.25) is 10.0 Å². The highest BCUT2D eigenvalue weighted by Gasteiger charge is 2.31. The van der Waals surface area contributed by atoms with Gasteiger partial charge in [0.15, 0.2) is 0 Å².